The van der Waals surface area contributed by atoms with Gasteiger partial charge >= 0.3 is 12.0 Å². The SMILES string of the molecule is C#CCOc1cccc(C2NC(=O)NC(C)=C2C(=O)OCC)c1. The molecule has 0 saturated heterocycles. The summed E-state index contributed by atoms with van der Waals surface area (Å²) in [5.74, 6) is 2.48. The van der Waals surface area contributed by atoms with Gasteiger partial charge in [0.05, 0.1) is 18.2 Å². The molecule has 120 valence electrons. The van der Waals surface area contributed by atoms with Crippen LogP contribution in [0.1, 0.15) is 25.5 Å². The predicted octanol–water partition coefficient (Wildman–Crippen LogP) is 1.89. The van der Waals surface area contributed by atoms with E-state index in [1.165, 1.54) is 0 Å². The van der Waals surface area contributed by atoms with E-state index in [0.717, 1.165) is 0 Å². The topological polar surface area (TPSA) is 76.7 Å². The highest BCUT2D eigenvalue weighted by molar-refractivity contribution is 5.95. The molecule has 1 aromatic rings. The molecule has 0 saturated carbocycles. The van der Waals surface area contributed by atoms with E-state index < -0.39 is 12.0 Å². The summed E-state index contributed by atoms with van der Waals surface area (Å²) in [5.41, 5.74) is 1.53. The lowest BCUT2D eigenvalue weighted by Gasteiger charge is -2.28. The van der Waals surface area contributed by atoms with E-state index >= 15 is 0 Å². The molecule has 2 N–H and O–H groups in total. The van der Waals surface area contributed by atoms with Gasteiger partial charge in [0.1, 0.15) is 12.4 Å². The van der Waals surface area contributed by atoms with Gasteiger partial charge in [-0.3, -0.25) is 0 Å². The fourth-order valence-corrected chi connectivity index (χ4v) is 2.33. The molecular weight excluding hydrogens is 296 g/mol. The van der Waals surface area contributed by atoms with Gasteiger partial charge in [-0.1, -0.05) is 18.1 Å². The number of allylic oxidation sites excluding steroid dienone is 1. The molecule has 0 fully saturated rings. The lowest BCUT2D eigenvalue weighted by Crippen LogP contribution is -2.45. The van der Waals surface area contributed by atoms with Crippen molar-refractivity contribution in [3.63, 3.8) is 0 Å². The highest BCUT2D eigenvalue weighted by Crippen LogP contribution is 2.29. The Morgan fingerprint density at radius 1 is 1.43 bits per heavy atom. The zero-order valence-electron chi connectivity index (χ0n) is 13.0. The summed E-state index contributed by atoms with van der Waals surface area (Å²) in [4.78, 5) is 24.0. The summed E-state index contributed by atoms with van der Waals surface area (Å²) < 4.78 is 10.5. The second kappa shape index (κ2) is 7.36. The van der Waals surface area contributed by atoms with Crippen LogP contribution in [-0.2, 0) is 9.53 Å². The molecule has 2 rings (SSSR count). The summed E-state index contributed by atoms with van der Waals surface area (Å²) in [7, 11) is 0. The van der Waals surface area contributed by atoms with E-state index in [0.29, 0.717) is 22.6 Å². The van der Waals surface area contributed by atoms with Crippen molar-refractivity contribution in [2.24, 2.45) is 0 Å². The monoisotopic (exact) mass is 314 g/mol. The van der Waals surface area contributed by atoms with Gasteiger partial charge in [-0.25, -0.2) is 9.59 Å². The van der Waals surface area contributed by atoms with Crippen LogP contribution in [0.4, 0.5) is 4.79 Å². The number of hydrogen-bond donors (Lipinski definition) is 2. The molecule has 2 amide bonds. The van der Waals surface area contributed by atoms with Crippen molar-refractivity contribution < 1.29 is 19.1 Å². The summed E-state index contributed by atoms with van der Waals surface area (Å²) in [6.07, 6.45) is 5.18. The molecule has 6 nitrogen and oxygen atoms in total. The van der Waals surface area contributed by atoms with Crippen LogP contribution in [0.3, 0.4) is 0 Å². The third kappa shape index (κ3) is 3.83. The Morgan fingerprint density at radius 3 is 2.91 bits per heavy atom. The third-order valence-electron chi connectivity index (χ3n) is 3.28. The summed E-state index contributed by atoms with van der Waals surface area (Å²) in [6.45, 7) is 3.78. The predicted molar refractivity (Wildman–Crippen MR) is 84.5 cm³/mol. The van der Waals surface area contributed by atoms with Crippen molar-refractivity contribution >= 4 is 12.0 Å². The van der Waals surface area contributed by atoms with Crippen molar-refractivity contribution in [3.05, 3.63) is 41.1 Å². The number of ether oxygens (including phenoxy) is 2. The van der Waals surface area contributed by atoms with Crippen molar-refractivity contribution in [3.8, 4) is 18.1 Å². The van der Waals surface area contributed by atoms with Crippen LogP contribution in [0.2, 0.25) is 0 Å². The maximum Gasteiger partial charge on any atom is 0.338 e. The third-order valence-corrected chi connectivity index (χ3v) is 3.28. The first-order chi connectivity index (χ1) is 11.1. The van der Waals surface area contributed by atoms with E-state index in [-0.39, 0.29) is 19.2 Å². The molecule has 1 heterocycles. The van der Waals surface area contributed by atoms with Crippen LogP contribution in [0.25, 0.3) is 0 Å². The van der Waals surface area contributed by atoms with Gasteiger partial charge in [-0.05, 0) is 31.5 Å². The van der Waals surface area contributed by atoms with Crippen LogP contribution >= 0.6 is 0 Å². The fourth-order valence-electron chi connectivity index (χ4n) is 2.33. The molecule has 6 heteroatoms. The molecule has 1 aromatic carbocycles. The average molecular weight is 314 g/mol. The quantitative estimate of drug-likeness (QED) is 0.643. The zero-order chi connectivity index (χ0) is 16.8. The second-order valence-corrected chi connectivity index (χ2v) is 4.86. The number of terminal acetylenes is 1. The fraction of sp³-hybridized carbons (Fsp3) is 0.294. The Kier molecular flexibility index (Phi) is 5.26. The molecule has 23 heavy (non-hydrogen) atoms. The molecule has 0 bridgehead atoms. The van der Waals surface area contributed by atoms with Crippen LogP contribution in [0.5, 0.6) is 5.75 Å². The number of nitrogens with one attached hydrogen (secondary N) is 2. The van der Waals surface area contributed by atoms with E-state index in [2.05, 4.69) is 16.6 Å². The first-order valence-corrected chi connectivity index (χ1v) is 7.18. The number of rotatable bonds is 5. The molecule has 0 spiro atoms. The van der Waals surface area contributed by atoms with Gasteiger partial charge in [0.25, 0.3) is 0 Å². The number of carbonyl (C=O) groups excluding carboxylic acids is 2. The Morgan fingerprint density at radius 2 is 2.22 bits per heavy atom. The molecule has 1 aliphatic heterocycles. The van der Waals surface area contributed by atoms with Crippen LogP contribution in [0, 0.1) is 12.3 Å². The van der Waals surface area contributed by atoms with Gasteiger partial charge in [0, 0.05) is 5.70 Å². The van der Waals surface area contributed by atoms with Crippen LogP contribution in [0.15, 0.2) is 35.5 Å². The summed E-state index contributed by atoms with van der Waals surface area (Å²) in [6, 6.07) is 6.07. The lowest BCUT2D eigenvalue weighted by atomic mass is 9.95. The Hall–Kier alpha value is -2.94. The molecule has 0 radical (unpaired) electrons. The van der Waals surface area contributed by atoms with Crippen molar-refractivity contribution in [2.75, 3.05) is 13.2 Å². The van der Waals surface area contributed by atoms with Crippen molar-refractivity contribution in [2.45, 2.75) is 19.9 Å². The van der Waals surface area contributed by atoms with Gasteiger partial charge in [-0.15, -0.1) is 6.42 Å². The van der Waals surface area contributed by atoms with E-state index in [1.807, 2.05) is 0 Å². The van der Waals surface area contributed by atoms with E-state index in [9.17, 15) is 9.59 Å². The summed E-state index contributed by atoms with van der Waals surface area (Å²) in [5, 5.41) is 5.32. The standard InChI is InChI=1S/C17H18N2O4/c1-4-9-23-13-8-6-7-12(10-13)15-14(16(20)22-5-2)11(3)18-17(21)19-15/h1,6-8,10,15H,5,9H2,2-3H3,(H2,18,19,21). The van der Waals surface area contributed by atoms with Gasteiger partial charge in [0.15, 0.2) is 0 Å². The summed E-state index contributed by atoms with van der Waals surface area (Å²) >= 11 is 0. The number of urea groups is 1. The number of amides is 2. The maximum absolute atomic E-state index is 12.2. The average Bonchev–Trinajstić information content (AvgIpc) is 2.52. The van der Waals surface area contributed by atoms with Gasteiger partial charge in [-0.2, -0.15) is 0 Å². The number of carbonyl (C=O) groups is 2. The molecule has 1 aliphatic rings. The van der Waals surface area contributed by atoms with Gasteiger partial charge < -0.3 is 20.1 Å². The highest BCUT2D eigenvalue weighted by atomic mass is 16.5. The second-order valence-electron chi connectivity index (χ2n) is 4.86. The first kappa shape index (κ1) is 16.4. The van der Waals surface area contributed by atoms with Crippen molar-refractivity contribution in [1.29, 1.82) is 0 Å². The lowest BCUT2D eigenvalue weighted by molar-refractivity contribution is -0.139. The Balaban J connectivity index is 2.38. The number of benzene rings is 1. The Labute approximate surface area is 134 Å². The van der Waals surface area contributed by atoms with Crippen LogP contribution < -0.4 is 15.4 Å². The van der Waals surface area contributed by atoms with E-state index in [4.69, 9.17) is 15.9 Å². The smallest absolute Gasteiger partial charge is 0.338 e. The minimum atomic E-state index is -0.614. The molecular formula is C17H18N2O4. The minimum Gasteiger partial charge on any atom is -0.481 e. The zero-order valence-corrected chi connectivity index (χ0v) is 13.0. The van der Waals surface area contributed by atoms with Crippen LogP contribution in [-0.4, -0.2) is 25.2 Å². The molecule has 0 aliphatic carbocycles. The number of esters is 1. The van der Waals surface area contributed by atoms with Gasteiger partial charge in [0.2, 0.25) is 0 Å². The molecule has 1 atom stereocenters. The minimum absolute atomic E-state index is 0.141. The van der Waals surface area contributed by atoms with E-state index in [1.54, 1.807) is 38.1 Å². The molecule has 0 aromatic heterocycles. The molecule has 1 unspecified atom stereocenters. The first-order valence-electron chi connectivity index (χ1n) is 7.18. The van der Waals surface area contributed by atoms with Crippen molar-refractivity contribution in [1.82, 2.24) is 10.6 Å². The number of hydrogen-bond acceptors (Lipinski definition) is 4. The Bertz CT molecular complexity index is 688. The highest BCUT2D eigenvalue weighted by Gasteiger charge is 2.32. The maximum atomic E-state index is 12.2. The normalized spacial score (nSPS) is 16.9. The largest absolute Gasteiger partial charge is 0.481 e.